The quantitative estimate of drug-likeness (QED) is 0.827. The molecule has 0 atom stereocenters. The molecule has 0 fully saturated rings. The van der Waals surface area contributed by atoms with E-state index < -0.39 is 0 Å². The number of anilines is 1. The summed E-state index contributed by atoms with van der Waals surface area (Å²) in [4.78, 5) is 0. The monoisotopic (exact) mass is 263 g/mol. The van der Waals surface area contributed by atoms with Crippen LogP contribution in [-0.4, -0.2) is 14.2 Å². The van der Waals surface area contributed by atoms with Crippen LogP contribution < -0.4 is 10.1 Å². The molecule has 0 aliphatic carbocycles. The molecule has 2 nitrogen and oxygen atoms in total. The van der Waals surface area contributed by atoms with E-state index in [0.29, 0.717) is 0 Å². The minimum absolute atomic E-state index is 0.888. The zero-order valence-corrected chi connectivity index (χ0v) is 8.68. The number of hydrogen-bond donors (Lipinski definition) is 1. The van der Waals surface area contributed by atoms with E-state index in [-0.39, 0.29) is 0 Å². The molecule has 0 radical (unpaired) electrons. The van der Waals surface area contributed by atoms with Gasteiger partial charge in [0.1, 0.15) is 5.75 Å². The van der Waals surface area contributed by atoms with Crippen LogP contribution in [0.15, 0.2) is 18.2 Å². The number of benzene rings is 1. The first-order chi connectivity index (χ1) is 5.29. The molecule has 1 aromatic rings. The molecule has 0 bridgehead atoms. The Morgan fingerprint density at radius 3 is 2.64 bits per heavy atom. The van der Waals surface area contributed by atoms with Crippen molar-refractivity contribution in [1.82, 2.24) is 0 Å². The molecule has 1 rings (SSSR count). The average molecular weight is 263 g/mol. The van der Waals surface area contributed by atoms with Crippen LogP contribution in [-0.2, 0) is 0 Å². The highest BCUT2D eigenvalue weighted by Crippen LogP contribution is 2.28. The van der Waals surface area contributed by atoms with Gasteiger partial charge in [-0.2, -0.15) is 0 Å². The Hall–Kier alpha value is -0.450. The van der Waals surface area contributed by atoms with Crippen LogP contribution in [0.2, 0.25) is 0 Å². The van der Waals surface area contributed by atoms with Crippen molar-refractivity contribution in [2.75, 3.05) is 19.5 Å². The van der Waals surface area contributed by atoms with Gasteiger partial charge in [-0.1, -0.05) is 6.07 Å². The van der Waals surface area contributed by atoms with Crippen LogP contribution in [0.5, 0.6) is 5.75 Å². The summed E-state index contributed by atoms with van der Waals surface area (Å²) in [6.07, 6.45) is 0. The van der Waals surface area contributed by atoms with Gasteiger partial charge in [0.25, 0.3) is 0 Å². The summed E-state index contributed by atoms with van der Waals surface area (Å²) >= 11 is 2.27. The molecule has 11 heavy (non-hydrogen) atoms. The molecule has 0 unspecified atom stereocenters. The third-order valence-electron chi connectivity index (χ3n) is 1.45. The Balaban J connectivity index is 3.13. The number of hydrogen-bond acceptors (Lipinski definition) is 2. The van der Waals surface area contributed by atoms with Crippen molar-refractivity contribution >= 4 is 28.3 Å². The zero-order chi connectivity index (χ0) is 8.27. The number of halogens is 1. The highest BCUT2D eigenvalue weighted by atomic mass is 127. The van der Waals surface area contributed by atoms with Gasteiger partial charge < -0.3 is 10.1 Å². The second-order valence-corrected chi connectivity index (χ2v) is 3.23. The minimum atomic E-state index is 0.888. The maximum Gasteiger partial charge on any atom is 0.143 e. The lowest BCUT2D eigenvalue weighted by atomic mass is 10.3. The van der Waals surface area contributed by atoms with Gasteiger partial charge in [-0.25, -0.2) is 0 Å². The molecule has 0 aliphatic rings. The predicted octanol–water partition coefficient (Wildman–Crippen LogP) is 2.34. The third kappa shape index (κ3) is 1.77. The smallest absolute Gasteiger partial charge is 0.143 e. The third-order valence-corrected chi connectivity index (χ3v) is 2.34. The van der Waals surface area contributed by atoms with Gasteiger partial charge in [-0.05, 0) is 34.7 Å². The SMILES string of the molecule is CNc1c(I)cccc1OC. The Bertz CT molecular complexity index is 250. The van der Waals surface area contributed by atoms with E-state index in [1.165, 1.54) is 3.57 Å². The molecular formula is C8H10INO. The largest absolute Gasteiger partial charge is 0.495 e. The zero-order valence-electron chi connectivity index (χ0n) is 6.52. The van der Waals surface area contributed by atoms with E-state index in [0.717, 1.165) is 11.4 Å². The second-order valence-electron chi connectivity index (χ2n) is 2.07. The first-order valence-electron chi connectivity index (χ1n) is 3.30. The molecule has 0 aliphatic heterocycles. The number of ether oxygens (including phenoxy) is 1. The number of nitrogens with one attached hydrogen (secondary N) is 1. The van der Waals surface area contributed by atoms with Gasteiger partial charge in [0.05, 0.1) is 12.8 Å². The Labute approximate surface area is 80.1 Å². The van der Waals surface area contributed by atoms with E-state index >= 15 is 0 Å². The molecule has 0 aromatic heterocycles. The van der Waals surface area contributed by atoms with Crippen molar-refractivity contribution < 1.29 is 4.74 Å². The molecule has 1 N–H and O–H groups in total. The fourth-order valence-electron chi connectivity index (χ4n) is 0.917. The number of methoxy groups -OCH3 is 1. The van der Waals surface area contributed by atoms with Crippen molar-refractivity contribution in [3.63, 3.8) is 0 Å². The second kappa shape index (κ2) is 3.80. The summed E-state index contributed by atoms with van der Waals surface area (Å²) in [6.45, 7) is 0. The van der Waals surface area contributed by atoms with Gasteiger partial charge in [0, 0.05) is 10.6 Å². The molecule has 3 heteroatoms. The van der Waals surface area contributed by atoms with E-state index in [1.807, 2.05) is 25.2 Å². The van der Waals surface area contributed by atoms with E-state index in [1.54, 1.807) is 7.11 Å². The van der Waals surface area contributed by atoms with Gasteiger partial charge in [-0.3, -0.25) is 0 Å². The van der Waals surface area contributed by atoms with Crippen LogP contribution in [0.3, 0.4) is 0 Å². The fraction of sp³-hybridized carbons (Fsp3) is 0.250. The Morgan fingerprint density at radius 1 is 1.45 bits per heavy atom. The Kier molecular flexibility index (Phi) is 2.99. The highest BCUT2D eigenvalue weighted by molar-refractivity contribution is 14.1. The summed E-state index contributed by atoms with van der Waals surface area (Å²) in [7, 11) is 3.56. The lowest BCUT2D eigenvalue weighted by Crippen LogP contribution is -1.95. The molecule has 0 heterocycles. The summed E-state index contributed by atoms with van der Waals surface area (Å²) < 4.78 is 6.32. The van der Waals surface area contributed by atoms with Gasteiger partial charge in [0.15, 0.2) is 0 Å². The molecule has 0 amide bonds. The lowest BCUT2D eigenvalue weighted by Gasteiger charge is -2.08. The van der Waals surface area contributed by atoms with Crippen LogP contribution in [0.25, 0.3) is 0 Å². The lowest BCUT2D eigenvalue weighted by molar-refractivity contribution is 0.416. The molecule has 0 saturated carbocycles. The maximum absolute atomic E-state index is 5.15. The maximum atomic E-state index is 5.15. The first kappa shape index (κ1) is 8.64. The standard InChI is InChI=1S/C8H10INO/c1-10-8-6(9)4-3-5-7(8)11-2/h3-5,10H,1-2H3. The Morgan fingerprint density at radius 2 is 2.18 bits per heavy atom. The summed E-state index contributed by atoms with van der Waals surface area (Å²) in [5.41, 5.74) is 1.05. The van der Waals surface area contributed by atoms with Gasteiger partial charge in [-0.15, -0.1) is 0 Å². The normalized spacial score (nSPS) is 9.36. The minimum Gasteiger partial charge on any atom is -0.495 e. The van der Waals surface area contributed by atoms with Crippen LogP contribution in [0, 0.1) is 3.57 Å². The average Bonchev–Trinajstić information content (AvgIpc) is 2.04. The van der Waals surface area contributed by atoms with E-state index in [4.69, 9.17) is 4.74 Å². The van der Waals surface area contributed by atoms with Crippen molar-refractivity contribution in [1.29, 1.82) is 0 Å². The van der Waals surface area contributed by atoms with Crippen molar-refractivity contribution in [3.05, 3.63) is 21.8 Å². The molecular weight excluding hydrogens is 253 g/mol. The highest BCUT2D eigenvalue weighted by Gasteiger charge is 2.02. The predicted molar refractivity (Wildman–Crippen MR) is 55.3 cm³/mol. The number of rotatable bonds is 2. The summed E-state index contributed by atoms with van der Waals surface area (Å²) in [5, 5.41) is 3.08. The van der Waals surface area contributed by atoms with E-state index in [2.05, 4.69) is 27.9 Å². The summed E-state index contributed by atoms with van der Waals surface area (Å²) in [6, 6.07) is 5.95. The first-order valence-corrected chi connectivity index (χ1v) is 4.37. The molecule has 0 saturated heterocycles. The topological polar surface area (TPSA) is 21.3 Å². The van der Waals surface area contributed by atoms with Crippen LogP contribution >= 0.6 is 22.6 Å². The van der Waals surface area contributed by atoms with Crippen LogP contribution in [0.1, 0.15) is 0 Å². The van der Waals surface area contributed by atoms with Crippen molar-refractivity contribution in [2.24, 2.45) is 0 Å². The molecule has 1 aromatic carbocycles. The summed E-state index contributed by atoms with van der Waals surface area (Å²) in [5.74, 6) is 0.888. The van der Waals surface area contributed by atoms with Gasteiger partial charge >= 0.3 is 0 Å². The van der Waals surface area contributed by atoms with Crippen LogP contribution in [0.4, 0.5) is 5.69 Å². The van der Waals surface area contributed by atoms with Crippen molar-refractivity contribution in [2.45, 2.75) is 0 Å². The number of para-hydroxylation sites is 1. The fourth-order valence-corrected chi connectivity index (χ4v) is 1.66. The van der Waals surface area contributed by atoms with Gasteiger partial charge in [0.2, 0.25) is 0 Å². The van der Waals surface area contributed by atoms with Crippen molar-refractivity contribution in [3.8, 4) is 5.75 Å². The molecule has 0 spiro atoms. The molecule has 60 valence electrons. The van der Waals surface area contributed by atoms with E-state index in [9.17, 15) is 0 Å².